The van der Waals surface area contributed by atoms with Gasteiger partial charge in [0.15, 0.2) is 11.5 Å². The summed E-state index contributed by atoms with van der Waals surface area (Å²) in [7, 11) is 0. The summed E-state index contributed by atoms with van der Waals surface area (Å²) in [5.41, 5.74) is 7.32. The van der Waals surface area contributed by atoms with Crippen LogP contribution in [0.25, 0.3) is 11.2 Å². The Morgan fingerprint density at radius 2 is 1.90 bits per heavy atom. The highest BCUT2D eigenvalue weighted by molar-refractivity contribution is 5.80. The summed E-state index contributed by atoms with van der Waals surface area (Å²) in [5.74, 6) is 0.454. The third kappa shape index (κ3) is 3.45. The van der Waals surface area contributed by atoms with Crippen LogP contribution in [0.5, 0.6) is 0 Å². The van der Waals surface area contributed by atoms with E-state index in [1.807, 2.05) is 0 Å². The molecule has 110 valence electrons. The number of nitrogens with zero attached hydrogens (tertiary/aromatic N) is 5. The maximum absolute atomic E-state index is 5.78. The first-order chi connectivity index (χ1) is 9.76. The van der Waals surface area contributed by atoms with Crippen LogP contribution in [0.2, 0.25) is 0 Å². The lowest BCUT2D eigenvalue weighted by atomic mass is 10.2. The summed E-state index contributed by atoms with van der Waals surface area (Å²) in [4.78, 5) is 14.9. The molecule has 0 spiro atoms. The van der Waals surface area contributed by atoms with Crippen molar-refractivity contribution in [3.63, 3.8) is 0 Å². The SMILES string of the molecule is CCN(CC)CCCCCn1cnc2c(N)ncnc21. The van der Waals surface area contributed by atoms with Gasteiger partial charge in [-0.15, -0.1) is 0 Å². The Morgan fingerprint density at radius 3 is 2.65 bits per heavy atom. The van der Waals surface area contributed by atoms with Gasteiger partial charge in [-0.05, 0) is 32.5 Å². The Kier molecular flexibility index (Phi) is 5.29. The van der Waals surface area contributed by atoms with E-state index in [1.165, 1.54) is 25.7 Å². The fourth-order valence-electron chi connectivity index (χ4n) is 2.40. The van der Waals surface area contributed by atoms with Crippen molar-refractivity contribution in [1.29, 1.82) is 0 Å². The van der Waals surface area contributed by atoms with Crippen molar-refractivity contribution in [3.05, 3.63) is 12.7 Å². The van der Waals surface area contributed by atoms with Crippen LogP contribution in [-0.2, 0) is 6.54 Å². The fraction of sp³-hybridized carbons (Fsp3) is 0.643. The van der Waals surface area contributed by atoms with Crippen molar-refractivity contribution < 1.29 is 0 Å². The summed E-state index contributed by atoms with van der Waals surface area (Å²) < 4.78 is 2.06. The molecule has 0 aliphatic carbocycles. The highest BCUT2D eigenvalue weighted by Gasteiger charge is 2.07. The number of nitrogens with two attached hydrogens (primary N) is 1. The van der Waals surface area contributed by atoms with Gasteiger partial charge in [0.1, 0.15) is 11.8 Å². The number of nitrogen functional groups attached to an aromatic ring is 1. The van der Waals surface area contributed by atoms with Crippen LogP contribution < -0.4 is 5.73 Å². The van der Waals surface area contributed by atoms with Crippen molar-refractivity contribution >= 4 is 17.0 Å². The topological polar surface area (TPSA) is 72.9 Å². The second-order valence-corrected chi connectivity index (χ2v) is 4.96. The molecule has 2 heterocycles. The maximum atomic E-state index is 5.78. The van der Waals surface area contributed by atoms with Crippen molar-refractivity contribution in [3.8, 4) is 0 Å². The standard InChI is InChI=1S/C14H24N6/c1-3-19(4-2)8-6-5-7-9-20-11-18-12-13(15)16-10-17-14(12)20/h10-11H,3-9H2,1-2H3,(H2,15,16,17). The number of anilines is 1. The summed E-state index contributed by atoms with van der Waals surface area (Å²) >= 11 is 0. The van der Waals surface area contributed by atoms with Crippen LogP contribution in [0.1, 0.15) is 33.1 Å². The van der Waals surface area contributed by atoms with Gasteiger partial charge in [-0.1, -0.05) is 20.3 Å². The summed E-state index contributed by atoms with van der Waals surface area (Å²) in [6.45, 7) is 8.83. The number of aromatic nitrogens is 4. The highest BCUT2D eigenvalue weighted by atomic mass is 15.1. The molecule has 6 heteroatoms. The molecule has 0 saturated carbocycles. The van der Waals surface area contributed by atoms with Gasteiger partial charge in [0.25, 0.3) is 0 Å². The van der Waals surface area contributed by atoms with Gasteiger partial charge in [-0.3, -0.25) is 0 Å². The van der Waals surface area contributed by atoms with Gasteiger partial charge < -0.3 is 15.2 Å². The molecule has 6 nitrogen and oxygen atoms in total. The minimum absolute atomic E-state index is 0.454. The first kappa shape index (κ1) is 14.7. The van der Waals surface area contributed by atoms with E-state index in [-0.39, 0.29) is 0 Å². The molecular formula is C14H24N6. The van der Waals surface area contributed by atoms with E-state index >= 15 is 0 Å². The third-order valence-corrected chi connectivity index (χ3v) is 3.70. The van der Waals surface area contributed by atoms with E-state index in [2.05, 4.69) is 38.3 Å². The lowest BCUT2D eigenvalue weighted by Crippen LogP contribution is -2.23. The second-order valence-electron chi connectivity index (χ2n) is 4.96. The molecule has 0 atom stereocenters. The minimum atomic E-state index is 0.454. The number of rotatable bonds is 8. The molecule has 0 bridgehead atoms. The van der Waals surface area contributed by atoms with Crippen LogP contribution in [0.3, 0.4) is 0 Å². The molecule has 0 aliphatic rings. The van der Waals surface area contributed by atoms with Crippen molar-refractivity contribution in [1.82, 2.24) is 24.4 Å². The Hall–Kier alpha value is -1.69. The van der Waals surface area contributed by atoms with Crippen molar-refractivity contribution in [2.24, 2.45) is 0 Å². The molecule has 0 unspecified atom stereocenters. The van der Waals surface area contributed by atoms with E-state index in [4.69, 9.17) is 5.73 Å². The molecule has 0 fully saturated rings. The van der Waals surface area contributed by atoms with Crippen LogP contribution in [0.15, 0.2) is 12.7 Å². The summed E-state index contributed by atoms with van der Waals surface area (Å²) in [6, 6.07) is 0. The molecular weight excluding hydrogens is 252 g/mol. The van der Waals surface area contributed by atoms with Crippen LogP contribution in [0.4, 0.5) is 5.82 Å². The first-order valence-electron chi connectivity index (χ1n) is 7.40. The number of aryl methyl sites for hydroxylation is 1. The number of fused-ring (bicyclic) bond motifs is 1. The smallest absolute Gasteiger partial charge is 0.165 e. The molecule has 2 aromatic heterocycles. The number of hydrogen-bond donors (Lipinski definition) is 1. The maximum Gasteiger partial charge on any atom is 0.165 e. The zero-order chi connectivity index (χ0) is 14.4. The van der Waals surface area contributed by atoms with E-state index in [1.54, 1.807) is 6.33 Å². The number of imidazole rings is 1. The molecule has 0 aliphatic heterocycles. The Bertz CT molecular complexity index is 531. The van der Waals surface area contributed by atoms with E-state index in [0.717, 1.165) is 31.7 Å². The quantitative estimate of drug-likeness (QED) is 0.746. The minimum Gasteiger partial charge on any atom is -0.382 e. The van der Waals surface area contributed by atoms with Gasteiger partial charge in [0, 0.05) is 6.54 Å². The van der Waals surface area contributed by atoms with E-state index in [9.17, 15) is 0 Å². The average Bonchev–Trinajstić information content (AvgIpc) is 2.88. The molecule has 2 N–H and O–H groups in total. The monoisotopic (exact) mass is 276 g/mol. The normalized spacial score (nSPS) is 11.6. The molecule has 2 aromatic rings. The predicted octanol–water partition coefficient (Wildman–Crippen LogP) is 1.92. The van der Waals surface area contributed by atoms with Crippen LogP contribution in [0, 0.1) is 0 Å². The number of hydrogen-bond acceptors (Lipinski definition) is 5. The largest absolute Gasteiger partial charge is 0.382 e. The molecule has 20 heavy (non-hydrogen) atoms. The summed E-state index contributed by atoms with van der Waals surface area (Å²) in [6.07, 6.45) is 6.90. The third-order valence-electron chi connectivity index (χ3n) is 3.70. The summed E-state index contributed by atoms with van der Waals surface area (Å²) in [5, 5.41) is 0. The van der Waals surface area contributed by atoms with Crippen molar-refractivity contribution in [2.45, 2.75) is 39.7 Å². The molecule has 0 radical (unpaired) electrons. The molecule has 2 rings (SSSR count). The van der Waals surface area contributed by atoms with E-state index < -0.39 is 0 Å². The first-order valence-corrected chi connectivity index (χ1v) is 7.40. The van der Waals surface area contributed by atoms with Crippen molar-refractivity contribution in [2.75, 3.05) is 25.4 Å². The average molecular weight is 276 g/mol. The highest BCUT2D eigenvalue weighted by Crippen LogP contribution is 2.14. The van der Waals surface area contributed by atoms with Gasteiger partial charge in [-0.25, -0.2) is 15.0 Å². The van der Waals surface area contributed by atoms with Gasteiger partial charge in [0.05, 0.1) is 6.33 Å². The Labute approximate surface area is 120 Å². The Morgan fingerprint density at radius 1 is 1.10 bits per heavy atom. The Balaban J connectivity index is 1.80. The second kappa shape index (κ2) is 7.19. The van der Waals surface area contributed by atoms with Gasteiger partial charge in [0.2, 0.25) is 0 Å². The molecule has 0 aromatic carbocycles. The van der Waals surface area contributed by atoms with Gasteiger partial charge >= 0.3 is 0 Å². The van der Waals surface area contributed by atoms with Gasteiger partial charge in [-0.2, -0.15) is 0 Å². The van der Waals surface area contributed by atoms with E-state index in [0.29, 0.717) is 11.3 Å². The van der Waals surface area contributed by atoms with Crippen LogP contribution in [-0.4, -0.2) is 44.1 Å². The van der Waals surface area contributed by atoms with Crippen LogP contribution >= 0.6 is 0 Å². The number of unbranched alkanes of at least 4 members (excludes halogenated alkanes) is 2. The fourth-order valence-corrected chi connectivity index (χ4v) is 2.40. The molecule has 0 saturated heterocycles. The predicted molar refractivity (Wildman–Crippen MR) is 81.4 cm³/mol. The zero-order valence-electron chi connectivity index (χ0n) is 12.4. The zero-order valence-corrected chi connectivity index (χ0v) is 12.4. The molecule has 0 amide bonds. The lowest BCUT2D eigenvalue weighted by Gasteiger charge is -2.17. The lowest BCUT2D eigenvalue weighted by molar-refractivity contribution is 0.295.